The van der Waals surface area contributed by atoms with Crippen LogP contribution in [0, 0.1) is 5.41 Å². The van der Waals surface area contributed by atoms with Crippen molar-refractivity contribution in [1.29, 1.82) is 0 Å². The first-order chi connectivity index (χ1) is 7.99. The van der Waals surface area contributed by atoms with Gasteiger partial charge in [-0.1, -0.05) is 41.9 Å². The lowest BCUT2D eigenvalue weighted by Gasteiger charge is -2.30. The van der Waals surface area contributed by atoms with Gasteiger partial charge in [-0.05, 0) is 23.8 Å². The minimum absolute atomic E-state index is 0.247. The molecule has 0 aliphatic carbocycles. The van der Waals surface area contributed by atoms with Crippen molar-refractivity contribution < 1.29 is 4.79 Å². The van der Waals surface area contributed by atoms with Crippen LogP contribution < -0.4 is 5.32 Å². The molecule has 1 saturated heterocycles. The van der Waals surface area contributed by atoms with E-state index < -0.39 is 0 Å². The maximum Gasteiger partial charge on any atom is 0.167 e. The lowest BCUT2D eigenvalue weighted by molar-refractivity contribution is -0.124. The number of rotatable bonds is 1. The minimum atomic E-state index is -0.296. The third kappa shape index (κ3) is 2.85. The summed E-state index contributed by atoms with van der Waals surface area (Å²) >= 11 is 3.43. The second-order valence-electron chi connectivity index (χ2n) is 5.04. The minimum Gasteiger partial charge on any atom is -0.312 e. The Hall–Kier alpha value is -0.930. The van der Waals surface area contributed by atoms with E-state index in [0.717, 1.165) is 22.2 Å². The number of piperidine rings is 1. The van der Waals surface area contributed by atoms with E-state index >= 15 is 0 Å². The van der Waals surface area contributed by atoms with Crippen LogP contribution in [0.2, 0.25) is 0 Å². The summed E-state index contributed by atoms with van der Waals surface area (Å²) in [5.74, 6) is 0.247. The highest BCUT2D eigenvalue weighted by atomic mass is 79.9. The van der Waals surface area contributed by atoms with Crippen molar-refractivity contribution in [2.75, 3.05) is 13.1 Å². The maximum atomic E-state index is 12.2. The van der Waals surface area contributed by atoms with Gasteiger partial charge in [0.05, 0.1) is 0 Å². The molecule has 0 radical (unpaired) electrons. The summed E-state index contributed by atoms with van der Waals surface area (Å²) in [4.78, 5) is 12.2. The van der Waals surface area contributed by atoms with Gasteiger partial charge in [0.1, 0.15) is 0 Å². The number of ketones is 1. The number of hydrogen-bond donors (Lipinski definition) is 1. The molecule has 1 aliphatic rings. The van der Waals surface area contributed by atoms with Crippen LogP contribution in [-0.4, -0.2) is 18.9 Å². The smallest absolute Gasteiger partial charge is 0.167 e. The normalized spacial score (nSPS) is 21.8. The first kappa shape index (κ1) is 12.5. The van der Waals surface area contributed by atoms with Gasteiger partial charge in [-0.2, -0.15) is 0 Å². The highest BCUT2D eigenvalue weighted by molar-refractivity contribution is 9.10. The van der Waals surface area contributed by atoms with Gasteiger partial charge in [0.2, 0.25) is 0 Å². The Morgan fingerprint density at radius 2 is 2.18 bits per heavy atom. The molecule has 0 unspecified atom stereocenters. The van der Waals surface area contributed by atoms with Crippen LogP contribution in [0.4, 0.5) is 0 Å². The zero-order chi connectivity index (χ0) is 12.5. The molecular weight excluding hydrogens is 278 g/mol. The number of Topliss-reactive ketones (excluding diaryl/α,β-unsaturated/α-hetero) is 1. The zero-order valence-electron chi connectivity index (χ0n) is 10.1. The lowest BCUT2D eigenvalue weighted by atomic mass is 9.80. The van der Waals surface area contributed by atoms with Gasteiger partial charge in [0.15, 0.2) is 5.78 Å². The second-order valence-corrected chi connectivity index (χ2v) is 5.96. The van der Waals surface area contributed by atoms with Crippen LogP contribution in [0.25, 0.3) is 6.08 Å². The molecule has 2 nitrogen and oxygen atoms in total. The quantitative estimate of drug-likeness (QED) is 0.807. The highest BCUT2D eigenvalue weighted by Gasteiger charge is 2.33. The Bertz CT molecular complexity index is 477. The number of carbonyl (C=O) groups excluding carboxylic acids is 1. The van der Waals surface area contributed by atoms with Crippen LogP contribution in [-0.2, 0) is 4.79 Å². The number of nitrogens with one attached hydrogen (secondary N) is 1. The van der Waals surface area contributed by atoms with E-state index in [1.165, 1.54) is 0 Å². The first-order valence-corrected chi connectivity index (χ1v) is 6.50. The molecule has 0 amide bonds. The summed E-state index contributed by atoms with van der Waals surface area (Å²) in [6.07, 6.45) is 1.97. The topological polar surface area (TPSA) is 29.1 Å². The van der Waals surface area contributed by atoms with Crippen LogP contribution in [0.5, 0.6) is 0 Å². The summed E-state index contributed by atoms with van der Waals surface area (Å²) in [6.45, 7) is 5.38. The van der Waals surface area contributed by atoms with Crippen LogP contribution in [0.1, 0.15) is 19.4 Å². The summed E-state index contributed by atoms with van der Waals surface area (Å²) in [6, 6.07) is 7.98. The molecule has 3 heteroatoms. The number of carbonyl (C=O) groups is 1. The molecule has 1 N–H and O–H groups in total. The molecule has 1 aromatic rings. The Morgan fingerprint density at radius 1 is 1.41 bits per heavy atom. The zero-order valence-corrected chi connectivity index (χ0v) is 11.7. The van der Waals surface area contributed by atoms with E-state index in [4.69, 9.17) is 0 Å². The standard InChI is InChI=1S/C14H16BrNO/c1-14(2)9-16-8-11(13(14)17)6-10-4-3-5-12(15)7-10/h3-7,16H,8-9H2,1-2H3/b11-6+. The summed E-state index contributed by atoms with van der Waals surface area (Å²) in [5, 5.41) is 3.29. The average Bonchev–Trinajstić information content (AvgIpc) is 2.25. The summed E-state index contributed by atoms with van der Waals surface area (Å²) < 4.78 is 1.03. The van der Waals surface area contributed by atoms with Gasteiger partial charge in [-0.25, -0.2) is 0 Å². The van der Waals surface area contributed by atoms with Crippen LogP contribution in [0.15, 0.2) is 34.3 Å². The Morgan fingerprint density at radius 3 is 2.88 bits per heavy atom. The molecule has 0 bridgehead atoms. The Labute approximate surface area is 110 Å². The molecule has 1 aliphatic heterocycles. The van der Waals surface area contributed by atoms with Gasteiger partial charge in [0.25, 0.3) is 0 Å². The molecule has 1 aromatic carbocycles. The van der Waals surface area contributed by atoms with Crippen molar-refractivity contribution in [3.05, 3.63) is 39.9 Å². The van der Waals surface area contributed by atoms with Gasteiger partial charge < -0.3 is 5.32 Å². The third-order valence-corrected chi connectivity index (χ3v) is 3.47. The van der Waals surface area contributed by atoms with Crippen molar-refractivity contribution in [2.24, 2.45) is 5.41 Å². The van der Waals surface area contributed by atoms with Gasteiger partial charge >= 0.3 is 0 Å². The fourth-order valence-electron chi connectivity index (χ4n) is 2.02. The van der Waals surface area contributed by atoms with Crippen molar-refractivity contribution in [3.63, 3.8) is 0 Å². The molecule has 90 valence electrons. The predicted octanol–water partition coefficient (Wildman–Crippen LogP) is 3.03. The van der Waals surface area contributed by atoms with E-state index in [1.807, 2.05) is 44.2 Å². The first-order valence-electron chi connectivity index (χ1n) is 5.71. The number of hydrogen-bond acceptors (Lipinski definition) is 2. The molecule has 0 atom stereocenters. The SMILES string of the molecule is CC1(C)CNC/C(=C\c2cccc(Br)c2)C1=O. The largest absolute Gasteiger partial charge is 0.312 e. The fourth-order valence-corrected chi connectivity index (χ4v) is 2.44. The molecule has 0 aromatic heterocycles. The monoisotopic (exact) mass is 293 g/mol. The second kappa shape index (κ2) is 4.75. The number of benzene rings is 1. The van der Waals surface area contributed by atoms with Crippen molar-refractivity contribution in [2.45, 2.75) is 13.8 Å². The Balaban J connectivity index is 2.30. The number of halogens is 1. The van der Waals surface area contributed by atoms with E-state index in [-0.39, 0.29) is 11.2 Å². The summed E-state index contributed by atoms with van der Waals surface area (Å²) in [7, 11) is 0. The third-order valence-electron chi connectivity index (χ3n) is 2.98. The molecule has 2 rings (SSSR count). The molecule has 1 heterocycles. The van der Waals surface area contributed by atoms with E-state index in [0.29, 0.717) is 6.54 Å². The van der Waals surface area contributed by atoms with E-state index in [9.17, 15) is 4.79 Å². The lowest BCUT2D eigenvalue weighted by Crippen LogP contribution is -2.44. The molecule has 0 spiro atoms. The van der Waals surface area contributed by atoms with E-state index in [1.54, 1.807) is 0 Å². The molecule has 1 fully saturated rings. The predicted molar refractivity (Wildman–Crippen MR) is 73.8 cm³/mol. The van der Waals surface area contributed by atoms with Gasteiger partial charge in [0, 0.05) is 28.6 Å². The fraction of sp³-hybridized carbons (Fsp3) is 0.357. The molecule has 0 saturated carbocycles. The van der Waals surface area contributed by atoms with Gasteiger partial charge in [-0.15, -0.1) is 0 Å². The van der Waals surface area contributed by atoms with Gasteiger partial charge in [-0.3, -0.25) is 4.79 Å². The van der Waals surface area contributed by atoms with Crippen molar-refractivity contribution in [1.82, 2.24) is 5.32 Å². The van der Waals surface area contributed by atoms with Crippen molar-refractivity contribution in [3.8, 4) is 0 Å². The molecular formula is C14H16BrNO. The van der Waals surface area contributed by atoms with Crippen LogP contribution >= 0.6 is 15.9 Å². The van der Waals surface area contributed by atoms with Crippen LogP contribution in [0.3, 0.4) is 0 Å². The molecule has 17 heavy (non-hydrogen) atoms. The summed E-state index contributed by atoms with van der Waals surface area (Å²) in [5.41, 5.74) is 1.62. The maximum absolute atomic E-state index is 12.2. The van der Waals surface area contributed by atoms with E-state index in [2.05, 4.69) is 21.2 Å². The highest BCUT2D eigenvalue weighted by Crippen LogP contribution is 2.25. The average molecular weight is 294 g/mol. The Kier molecular flexibility index (Phi) is 3.50. The van der Waals surface area contributed by atoms with Crippen molar-refractivity contribution >= 4 is 27.8 Å².